The van der Waals surface area contributed by atoms with Crippen LogP contribution in [0.4, 0.5) is 0 Å². The second-order valence-corrected chi connectivity index (χ2v) is 9.65. The summed E-state index contributed by atoms with van der Waals surface area (Å²) in [6.07, 6.45) is -0.0102. The molecule has 2 nitrogen and oxygen atoms in total. The van der Waals surface area contributed by atoms with Crippen molar-refractivity contribution in [3.8, 4) is 0 Å². The van der Waals surface area contributed by atoms with Crippen LogP contribution >= 0.6 is 11.6 Å². The van der Waals surface area contributed by atoms with Gasteiger partial charge in [-0.2, -0.15) is 0 Å². The van der Waals surface area contributed by atoms with Crippen LogP contribution in [0.1, 0.15) is 11.7 Å². The van der Waals surface area contributed by atoms with Gasteiger partial charge in [0.15, 0.2) is 8.32 Å². The zero-order chi connectivity index (χ0) is 12.2. The van der Waals surface area contributed by atoms with Crippen molar-refractivity contribution in [3.05, 3.63) is 34.9 Å². The second kappa shape index (κ2) is 5.82. The molecule has 1 atom stereocenters. The average molecular weight is 259 g/mol. The molecule has 90 valence electrons. The molecule has 0 heterocycles. The summed E-state index contributed by atoms with van der Waals surface area (Å²) >= 11 is 5.84. The number of ether oxygens (including phenoxy) is 1. The lowest BCUT2D eigenvalue weighted by atomic mass is 10.1. The molecule has 0 saturated heterocycles. The summed E-state index contributed by atoms with van der Waals surface area (Å²) in [5.74, 6) is 0. The maximum atomic E-state index is 5.85. The van der Waals surface area contributed by atoms with E-state index in [0.29, 0.717) is 6.61 Å². The van der Waals surface area contributed by atoms with Crippen LogP contribution in [0.3, 0.4) is 0 Å². The number of rotatable bonds is 5. The fraction of sp³-hybridized carbons (Fsp3) is 0.500. The molecule has 1 aromatic carbocycles. The molecular formula is C12H19ClO2Si. The first-order valence-electron chi connectivity index (χ1n) is 5.34. The van der Waals surface area contributed by atoms with E-state index in [9.17, 15) is 0 Å². The van der Waals surface area contributed by atoms with E-state index in [2.05, 4.69) is 19.6 Å². The second-order valence-electron chi connectivity index (χ2n) is 4.70. The molecule has 1 aromatic rings. The molecule has 16 heavy (non-hydrogen) atoms. The third-order valence-electron chi connectivity index (χ3n) is 2.19. The summed E-state index contributed by atoms with van der Waals surface area (Å²) in [5, 5.41) is 0.740. The Hall–Kier alpha value is -0.353. The Kier molecular flexibility index (Phi) is 4.99. The number of hydrogen-bond acceptors (Lipinski definition) is 2. The standard InChI is InChI=1S/C12H19ClO2Si/c1-14-12(9-15-16(2,3)4)10-5-7-11(13)8-6-10/h5-8,12H,9H2,1-4H3. The normalized spacial score (nSPS) is 13.8. The fourth-order valence-corrected chi connectivity index (χ4v) is 2.08. The Bertz CT molecular complexity index is 319. The van der Waals surface area contributed by atoms with Gasteiger partial charge in [0, 0.05) is 12.1 Å². The van der Waals surface area contributed by atoms with Crippen LogP contribution in [-0.2, 0) is 9.16 Å². The van der Waals surface area contributed by atoms with Crippen LogP contribution in [0, 0.1) is 0 Å². The molecule has 1 unspecified atom stereocenters. The van der Waals surface area contributed by atoms with E-state index in [0.717, 1.165) is 10.6 Å². The van der Waals surface area contributed by atoms with E-state index in [1.807, 2.05) is 24.3 Å². The maximum absolute atomic E-state index is 5.85. The molecule has 1 rings (SSSR count). The summed E-state index contributed by atoms with van der Waals surface area (Å²) < 4.78 is 11.3. The average Bonchev–Trinajstić information content (AvgIpc) is 2.20. The summed E-state index contributed by atoms with van der Waals surface area (Å²) in [4.78, 5) is 0. The topological polar surface area (TPSA) is 18.5 Å². The minimum Gasteiger partial charge on any atom is -0.415 e. The first-order chi connectivity index (χ1) is 7.42. The van der Waals surface area contributed by atoms with Crippen LogP contribution in [0.2, 0.25) is 24.7 Å². The minimum atomic E-state index is -1.49. The number of hydrogen-bond donors (Lipinski definition) is 0. The van der Waals surface area contributed by atoms with E-state index < -0.39 is 8.32 Å². The van der Waals surface area contributed by atoms with Crippen LogP contribution < -0.4 is 0 Å². The highest BCUT2D eigenvalue weighted by atomic mass is 35.5. The molecule has 0 N–H and O–H groups in total. The van der Waals surface area contributed by atoms with Gasteiger partial charge >= 0.3 is 0 Å². The monoisotopic (exact) mass is 258 g/mol. The Labute approximate surface area is 104 Å². The summed E-state index contributed by atoms with van der Waals surface area (Å²) in [6.45, 7) is 7.11. The summed E-state index contributed by atoms with van der Waals surface area (Å²) in [6, 6.07) is 7.70. The van der Waals surface area contributed by atoms with Crippen molar-refractivity contribution >= 4 is 19.9 Å². The largest absolute Gasteiger partial charge is 0.415 e. The molecule has 0 aliphatic heterocycles. The first kappa shape index (κ1) is 13.7. The first-order valence-corrected chi connectivity index (χ1v) is 9.13. The van der Waals surface area contributed by atoms with Gasteiger partial charge in [-0.1, -0.05) is 23.7 Å². The van der Waals surface area contributed by atoms with Crippen molar-refractivity contribution in [2.24, 2.45) is 0 Å². The molecule has 0 fully saturated rings. The third kappa shape index (κ3) is 4.66. The Morgan fingerprint density at radius 2 is 1.75 bits per heavy atom. The van der Waals surface area contributed by atoms with Crippen LogP contribution in [0.15, 0.2) is 24.3 Å². The molecular weight excluding hydrogens is 240 g/mol. The van der Waals surface area contributed by atoms with Crippen LogP contribution in [0.5, 0.6) is 0 Å². The highest BCUT2D eigenvalue weighted by Crippen LogP contribution is 2.20. The Morgan fingerprint density at radius 3 is 2.19 bits per heavy atom. The highest BCUT2D eigenvalue weighted by Gasteiger charge is 2.18. The van der Waals surface area contributed by atoms with Crippen molar-refractivity contribution in [1.82, 2.24) is 0 Å². The van der Waals surface area contributed by atoms with E-state index in [4.69, 9.17) is 20.8 Å². The van der Waals surface area contributed by atoms with Gasteiger partial charge in [-0.3, -0.25) is 0 Å². The van der Waals surface area contributed by atoms with Crippen molar-refractivity contribution in [2.45, 2.75) is 25.7 Å². The molecule has 4 heteroatoms. The Morgan fingerprint density at radius 1 is 1.19 bits per heavy atom. The zero-order valence-corrected chi connectivity index (χ0v) is 12.0. The third-order valence-corrected chi connectivity index (χ3v) is 3.48. The highest BCUT2D eigenvalue weighted by molar-refractivity contribution is 6.69. The molecule has 0 spiro atoms. The van der Waals surface area contributed by atoms with Crippen LogP contribution in [-0.4, -0.2) is 22.0 Å². The molecule has 0 aliphatic rings. The predicted octanol–water partition coefficient (Wildman–Crippen LogP) is 3.88. The summed E-state index contributed by atoms with van der Waals surface area (Å²) in [5.41, 5.74) is 1.10. The van der Waals surface area contributed by atoms with Gasteiger partial charge in [0.1, 0.15) is 6.10 Å². The minimum absolute atomic E-state index is 0.0102. The SMILES string of the molecule is COC(CO[Si](C)(C)C)c1ccc(Cl)cc1. The van der Waals surface area contributed by atoms with E-state index in [-0.39, 0.29) is 6.10 Å². The fourth-order valence-electron chi connectivity index (χ4n) is 1.30. The van der Waals surface area contributed by atoms with Crippen molar-refractivity contribution in [2.75, 3.05) is 13.7 Å². The molecule has 0 saturated carbocycles. The van der Waals surface area contributed by atoms with Gasteiger partial charge in [-0.25, -0.2) is 0 Å². The molecule has 0 bridgehead atoms. The van der Waals surface area contributed by atoms with Crippen molar-refractivity contribution < 1.29 is 9.16 Å². The lowest BCUT2D eigenvalue weighted by Gasteiger charge is -2.22. The van der Waals surface area contributed by atoms with Gasteiger partial charge < -0.3 is 9.16 Å². The Balaban J connectivity index is 2.64. The van der Waals surface area contributed by atoms with Gasteiger partial charge in [-0.15, -0.1) is 0 Å². The zero-order valence-electron chi connectivity index (χ0n) is 10.3. The van der Waals surface area contributed by atoms with Gasteiger partial charge in [0.25, 0.3) is 0 Å². The van der Waals surface area contributed by atoms with Gasteiger partial charge in [-0.05, 0) is 37.3 Å². The van der Waals surface area contributed by atoms with Crippen molar-refractivity contribution in [1.29, 1.82) is 0 Å². The quantitative estimate of drug-likeness (QED) is 0.747. The predicted molar refractivity (Wildman–Crippen MR) is 70.5 cm³/mol. The lowest BCUT2D eigenvalue weighted by Crippen LogP contribution is -2.28. The van der Waals surface area contributed by atoms with Crippen molar-refractivity contribution in [3.63, 3.8) is 0 Å². The molecule has 0 aromatic heterocycles. The molecule has 0 radical (unpaired) electrons. The van der Waals surface area contributed by atoms with E-state index in [1.54, 1.807) is 7.11 Å². The van der Waals surface area contributed by atoms with E-state index in [1.165, 1.54) is 0 Å². The lowest BCUT2D eigenvalue weighted by molar-refractivity contribution is 0.0550. The molecule has 0 amide bonds. The van der Waals surface area contributed by atoms with Crippen LogP contribution in [0.25, 0.3) is 0 Å². The number of benzene rings is 1. The maximum Gasteiger partial charge on any atom is 0.183 e. The van der Waals surface area contributed by atoms with Gasteiger partial charge in [0.05, 0.1) is 6.61 Å². The number of halogens is 1. The van der Waals surface area contributed by atoms with Gasteiger partial charge in [0.2, 0.25) is 0 Å². The summed E-state index contributed by atoms with van der Waals surface area (Å²) in [7, 11) is 0.215. The van der Waals surface area contributed by atoms with E-state index >= 15 is 0 Å². The smallest absolute Gasteiger partial charge is 0.183 e. The number of methoxy groups -OCH3 is 1. The molecule has 0 aliphatic carbocycles.